The highest BCUT2D eigenvalue weighted by atomic mass is 16.7. The number of hydroxylamine groups is 1. The standard InChI is InChI=1S/C22H34N2O7/c1-7-27-18(25)17(24-30-13-16-11-9-8-10-12-16)22(14-28-21(5,6)29-15-22)23-19(26)31-20(2,3)4/h8-12,17,24H,7,13-15H2,1-6H3,(H,23,26). The smallest absolute Gasteiger partial charge is 0.408 e. The highest BCUT2D eigenvalue weighted by molar-refractivity contribution is 5.79. The topological polar surface area (TPSA) is 104 Å². The Hall–Kier alpha value is -2.20. The fraction of sp³-hybridized carbons (Fsp3) is 0.636. The predicted octanol–water partition coefficient (Wildman–Crippen LogP) is 2.69. The number of carbonyl (C=O) groups is 2. The highest BCUT2D eigenvalue weighted by Crippen LogP contribution is 2.27. The van der Waals surface area contributed by atoms with Crippen molar-refractivity contribution in [3.8, 4) is 0 Å². The van der Waals surface area contributed by atoms with Crippen LogP contribution < -0.4 is 10.8 Å². The quantitative estimate of drug-likeness (QED) is 0.472. The molecule has 2 N–H and O–H groups in total. The van der Waals surface area contributed by atoms with Crippen LogP contribution in [0.2, 0.25) is 0 Å². The maximum absolute atomic E-state index is 12.9. The lowest BCUT2D eigenvalue weighted by molar-refractivity contribution is -0.277. The molecule has 1 aliphatic heterocycles. The molecule has 1 atom stereocenters. The molecule has 31 heavy (non-hydrogen) atoms. The van der Waals surface area contributed by atoms with E-state index >= 15 is 0 Å². The second kappa shape index (κ2) is 10.4. The van der Waals surface area contributed by atoms with Gasteiger partial charge < -0.3 is 24.3 Å². The summed E-state index contributed by atoms with van der Waals surface area (Å²) in [5.41, 5.74) is 1.62. The second-order valence-corrected chi connectivity index (χ2v) is 8.84. The van der Waals surface area contributed by atoms with Gasteiger partial charge in [-0.05, 0) is 47.1 Å². The largest absolute Gasteiger partial charge is 0.465 e. The second-order valence-electron chi connectivity index (χ2n) is 8.84. The molecular weight excluding hydrogens is 404 g/mol. The van der Waals surface area contributed by atoms with E-state index < -0.39 is 35.0 Å². The Morgan fingerprint density at radius 3 is 2.29 bits per heavy atom. The van der Waals surface area contributed by atoms with Crippen molar-refractivity contribution in [3.05, 3.63) is 35.9 Å². The molecule has 1 fully saturated rings. The summed E-state index contributed by atoms with van der Waals surface area (Å²) in [5, 5.41) is 2.76. The molecule has 9 nitrogen and oxygen atoms in total. The van der Waals surface area contributed by atoms with Gasteiger partial charge in [0.1, 0.15) is 11.1 Å². The van der Waals surface area contributed by atoms with Crippen molar-refractivity contribution in [2.75, 3.05) is 19.8 Å². The normalized spacial score (nSPS) is 18.6. The number of hydrogen-bond acceptors (Lipinski definition) is 8. The Morgan fingerprint density at radius 1 is 1.13 bits per heavy atom. The molecule has 0 aliphatic carbocycles. The minimum atomic E-state index is -1.32. The zero-order valence-corrected chi connectivity index (χ0v) is 19.2. The summed E-state index contributed by atoms with van der Waals surface area (Å²) in [6.07, 6.45) is -0.710. The molecule has 1 saturated heterocycles. The molecule has 9 heteroatoms. The van der Waals surface area contributed by atoms with Crippen LogP contribution in [0.5, 0.6) is 0 Å². The van der Waals surface area contributed by atoms with Gasteiger partial charge in [0.2, 0.25) is 0 Å². The third kappa shape index (κ3) is 7.77. The van der Waals surface area contributed by atoms with Crippen molar-refractivity contribution in [1.82, 2.24) is 10.8 Å². The van der Waals surface area contributed by atoms with Crippen molar-refractivity contribution in [1.29, 1.82) is 0 Å². The van der Waals surface area contributed by atoms with Gasteiger partial charge in [-0.2, -0.15) is 5.48 Å². The number of rotatable bonds is 8. The summed E-state index contributed by atoms with van der Waals surface area (Å²) in [5.74, 6) is -1.48. The Morgan fingerprint density at radius 2 is 1.74 bits per heavy atom. The molecule has 0 radical (unpaired) electrons. The molecular formula is C22H34N2O7. The van der Waals surface area contributed by atoms with E-state index in [0.717, 1.165) is 5.56 Å². The van der Waals surface area contributed by atoms with Gasteiger partial charge in [-0.25, -0.2) is 4.79 Å². The number of ether oxygens (including phenoxy) is 4. The molecule has 1 amide bonds. The lowest BCUT2D eigenvalue weighted by Crippen LogP contribution is -2.72. The number of benzene rings is 1. The average molecular weight is 439 g/mol. The molecule has 1 unspecified atom stereocenters. The SMILES string of the molecule is CCOC(=O)C(NOCc1ccccc1)C1(NC(=O)OC(C)(C)C)COC(C)(C)OC1. The van der Waals surface area contributed by atoms with Gasteiger partial charge in [-0.3, -0.25) is 9.63 Å². The minimum Gasteiger partial charge on any atom is -0.465 e. The van der Waals surface area contributed by atoms with Crippen molar-refractivity contribution in [3.63, 3.8) is 0 Å². The van der Waals surface area contributed by atoms with Crippen LogP contribution in [0.15, 0.2) is 30.3 Å². The third-order valence-corrected chi connectivity index (χ3v) is 4.46. The fourth-order valence-corrected chi connectivity index (χ4v) is 2.90. The van der Waals surface area contributed by atoms with Gasteiger partial charge in [0, 0.05) is 0 Å². The molecule has 1 aliphatic rings. The van der Waals surface area contributed by atoms with Gasteiger partial charge >= 0.3 is 12.1 Å². The number of hydrogen-bond donors (Lipinski definition) is 2. The molecule has 0 bridgehead atoms. The molecule has 0 saturated carbocycles. The number of nitrogens with one attached hydrogen (secondary N) is 2. The van der Waals surface area contributed by atoms with E-state index in [2.05, 4.69) is 10.8 Å². The maximum atomic E-state index is 12.9. The average Bonchev–Trinajstić information content (AvgIpc) is 2.67. The van der Waals surface area contributed by atoms with Gasteiger partial charge in [0.05, 0.1) is 26.4 Å². The van der Waals surface area contributed by atoms with Gasteiger partial charge in [-0.1, -0.05) is 30.3 Å². The van der Waals surface area contributed by atoms with Crippen molar-refractivity contribution >= 4 is 12.1 Å². The van der Waals surface area contributed by atoms with Crippen LogP contribution in [-0.2, 0) is 35.2 Å². The zero-order chi connectivity index (χ0) is 23.1. The number of carbonyl (C=O) groups excluding carboxylic acids is 2. The van der Waals surface area contributed by atoms with Gasteiger partial charge in [-0.15, -0.1) is 0 Å². The van der Waals surface area contributed by atoms with Crippen molar-refractivity contribution in [2.45, 2.75) is 71.1 Å². The highest BCUT2D eigenvalue weighted by Gasteiger charge is 2.51. The van der Waals surface area contributed by atoms with E-state index in [-0.39, 0.29) is 26.4 Å². The van der Waals surface area contributed by atoms with E-state index in [9.17, 15) is 9.59 Å². The van der Waals surface area contributed by atoms with E-state index in [1.807, 2.05) is 30.3 Å². The predicted molar refractivity (Wildman–Crippen MR) is 113 cm³/mol. The summed E-state index contributed by atoms with van der Waals surface area (Å²) >= 11 is 0. The number of esters is 1. The summed E-state index contributed by atoms with van der Waals surface area (Å²) in [6.45, 7) is 10.8. The first-order valence-electron chi connectivity index (χ1n) is 10.3. The van der Waals surface area contributed by atoms with Crippen LogP contribution in [0, 0.1) is 0 Å². The Balaban J connectivity index is 2.24. The first kappa shape index (κ1) is 25.1. The summed E-state index contributed by atoms with van der Waals surface area (Å²) in [6, 6.07) is 8.35. The summed E-state index contributed by atoms with van der Waals surface area (Å²) in [4.78, 5) is 31.1. The molecule has 0 aromatic heterocycles. The molecule has 2 rings (SSSR count). The molecule has 1 heterocycles. The van der Waals surface area contributed by atoms with Crippen LogP contribution in [0.1, 0.15) is 47.1 Å². The lowest BCUT2D eigenvalue weighted by Gasteiger charge is -2.46. The molecule has 0 spiro atoms. The van der Waals surface area contributed by atoms with Gasteiger partial charge in [0.25, 0.3) is 0 Å². The van der Waals surface area contributed by atoms with E-state index in [1.165, 1.54) is 0 Å². The van der Waals surface area contributed by atoms with Crippen molar-refractivity contribution < 1.29 is 33.4 Å². The molecule has 174 valence electrons. The minimum absolute atomic E-state index is 0.0234. The van der Waals surface area contributed by atoms with E-state index in [1.54, 1.807) is 41.5 Å². The fourth-order valence-electron chi connectivity index (χ4n) is 2.90. The Labute approximate surface area is 183 Å². The first-order chi connectivity index (χ1) is 14.5. The summed E-state index contributed by atoms with van der Waals surface area (Å²) < 4.78 is 22.2. The Bertz CT molecular complexity index is 721. The number of amides is 1. The van der Waals surface area contributed by atoms with Crippen LogP contribution in [-0.4, -0.2) is 54.9 Å². The first-order valence-corrected chi connectivity index (χ1v) is 10.3. The molecule has 1 aromatic carbocycles. The third-order valence-electron chi connectivity index (χ3n) is 4.46. The zero-order valence-electron chi connectivity index (χ0n) is 19.2. The molecule has 1 aromatic rings. The maximum Gasteiger partial charge on any atom is 0.408 e. The number of alkyl carbamates (subject to hydrolysis) is 1. The van der Waals surface area contributed by atoms with Gasteiger partial charge in [0.15, 0.2) is 11.8 Å². The van der Waals surface area contributed by atoms with Crippen LogP contribution in [0.4, 0.5) is 4.79 Å². The van der Waals surface area contributed by atoms with E-state index in [4.69, 9.17) is 23.8 Å². The van der Waals surface area contributed by atoms with Crippen LogP contribution in [0.3, 0.4) is 0 Å². The lowest BCUT2D eigenvalue weighted by atomic mass is 9.90. The van der Waals surface area contributed by atoms with E-state index in [0.29, 0.717) is 0 Å². The Kier molecular flexibility index (Phi) is 8.41. The van der Waals surface area contributed by atoms with Crippen molar-refractivity contribution in [2.24, 2.45) is 0 Å². The van der Waals surface area contributed by atoms with Crippen LogP contribution >= 0.6 is 0 Å². The summed E-state index contributed by atoms with van der Waals surface area (Å²) in [7, 11) is 0. The monoisotopic (exact) mass is 438 g/mol. The van der Waals surface area contributed by atoms with Crippen LogP contribution in [0.25, 0.3) is 0 Å².